The monoisotopic (exact) mass is 341 g/mol. The SMILES string of the molecule is N#Cc1ccc2c(c1)CC[C@@H]2Nc1ccc2[nH]nc(-c3cnco3)c2c1. The Kier molecular flexibility index (Phi) is 3.25. The number of oxazole rings is 1. The summed E-state index contributed by atoms with van der Waals surface area (Å²) in [4.78, 5) is 3.97. The number of nitriles is 1. The minimum atomic E-state index is 0.246. The molecule has 4 aromatic rings. The van der Waals surface area contributed by atoms with E-state index in [1.54, 1.807) is 6.20 Å². The van der Waals surface area contributed by atoms with E-state index >= 15 is 0 Å². The molecule has 0 fully saturated rings. The molecule has 6 heteroatoms. The number of aromatic nitrogens is 3. The molecular formula is C20H15N5O. The highest BCUT2D eigenvalue weighted by atomic mass is 16.3. The van der Waals surface area contributed by atoms with Gasteiger partial charge in [-0.05, 0) is 54.3 Å². The molecule has 2 heterocycles. The molecule has 126 valence electrons. The van der Waals surface area contributed by atoms with Crippen molar-refractivity contribution in [3.05, 3.63) is 65.7 Å². The number of aromatic amines is 1. The van der Waals surface area contributed by atoms with Crippen LogP contribution < -0.4 is 5.32 Å². The van der Waals surface area contributed by atoms with Crippen molar-refractivity contribution >= 4 is 16.6 Å². The summed E-state index contributed by atoms with van der Waals surface area (Å²) in [6.45, 7) is 0. The smallest absolute Gasteiger partial charge is 0.181 e. The van der Waals surface area contributed by atoms with Crippen molar-refractivity contribution in [1.82, 2.24) is 15.2 Å². The van der Waals surface area contributed by atoms with Crippen molar-refractivity contribution in [2.24, 2.45) is 0 Å². The maximum absolute atomic E-state index is 9.07. The number of fused-ring (bicyclic) bond motifs is 2. The van der Waals surface area contributed by atoms with Gasteiger partial charge in [-0.1, -0.05) is 6.07 Å². The predicted octanol–water partition coefficient (Wildman–Crippen LogP) is 4.19. The van der Waals surface area contributed by atoms with Gasteiger partial charge < -0.3 is 9.73 Å². The number of anilines is 1. The quantitative estimate of drug-likeness (QED) is 0.583. The zero-order valence-electron chi connectivity index (χ0n) is 13.9. The highest BCUT2D eigenvalue weighted by molar-refractivity contribution is 5.93. The number of aryl methyl sites for hydroxylation is 1. The molecule has 0 amide bonds. The van der Waals surface area contributed by atoms with Gasteiger partial charge in [0.25, 0.3) is 0 Å². The van der Waals surface area contributed by atoms with Gasteiger partial charge >= 0.3 is 0 Å². The normalized spacial score (nSPS) is 15.7. The van der Waals surface area contributed by atoms with Crippen LogP contribution in [-0.4, -0.2) is 15.2 Å². The fourth-order valence-corrected chi connectivity index (χ4v) is 3.66. The fourth-order valence-electron chi connectivity index (χ4n) is 3.66. The van der Waals surface area contributed by atoms with Crippen molar-refractivity contribution in [3.63, 3.8) is 0 Å². The molecular weight excluding hydrogens is 326 g/mol. The number of hydrogen-bond acceptors (Lipinski definition) is 5. The molecule has 0 radical (unpaired) electrons. The van der Waals surface area contributed by atoms with E-state index in [4.69, 9.17) is 9.68 Å². The van der Waals surface area contributed by atoms with Gasteiger partial charge in [-0.25, -0.2) is 4.98 Å². The summed E-state index contributed by atoms with van der Waals surface area (Å²) in [7, 11) is 0. The van der Waals surface area contributed by atoms with E-state index in [2.05, 4.69) is 38.7 Å². The largest absolute Gasteiger partial charge is 0.442 e. The van der Waals surface area contributed by atoms with E-state index < -0.39 is 0 Å². The average Bonchev–Trinajstić information content (AvgIpc) is 3.40. The van der Waals surface area contributed by atoms with Gasteiger partial charge in [0.1, 0.15) is 5.69 Å². The molecule has 0 spiro atoms. The maximum atomic E-state index is 9.07. The van der Waals surface area contributed by atoms with Crippen molar-refractivity contribution in [1.29, 1.82) is 5.26 Å². The third-order valence-electron chi connectivity index (χ3n) is 4.92. The zero-order valence-corrected chi connectivity index (χ0v) is 13.9. The van der Waals surface area contributed by atoms with E-state index in [0.717, 1.165) is 40.7 Å². The Morgan fingerprint density at radius 2 is 2.19 bits per heavy atom. The lowest BCUT2D eigenvalue weighted by atomic mass is 10.0. The number of nitrogens with zero attached hydrogens (tertiary/aromatic N) is 3. The summed E-state index contributed by atoms with van der Waals surface area (Å²) in [6.07, 6.45) is 5.07. The molecule has 2 aromatic heterocycles. The van der Waals surface area contributed by atoms with Crippen LogP contribution in [0.4, 0.5) is 5.69 Å². The van der Waals surface area contributed by atoms with Gasteiger partial charge in [-0.15, -0.1) is 0 Å². The van der Waals surface area contributed by atoms with E-state index in [1.807, 2.05) is 24.3 Å². The Labute approximate surface area is 149 Å². The molecule has 6 nitrogen and oxygen atoms in total. The summed E-state index contributed by atoms with van der Waals surface area (Å²) in [6, 6.07) is 14.6. The Hall–Kier alpha value is -3.59. The molecule has 1 aliphatic rings. The van der Waals surface area contributed by atoms with Crippen LogP contribution in [0.3, 0.4) is 0 Å². The standard InChI is InChI=1S/C20H15N5O/c21-9-12-1-4-15-13(7-12)2-5-17(15)23-14-3-6-18-16(8-14)20(25-24-18)19-10-22-11-26-19/h1,3-4,6-8,10-11,17,23H,2,5H2,(H,24,25)/t17-/m0/s1. The van der Waals surface area contributed by atoms with Crippen molar-refractivity contribution in [3.8, 4) is 17.5 Å². The lowest BCUT2D eigenvalue weighted by Crippen LogP contribution is -2.06. The third kappa shape index (κ3) is 2.33. The second-order valence-electron chi connectivity index (χ2n) is 6.46. The van der Waals surface area contributed by atoms with Crippen LogP contribution in [0.2, 0.25) is 0 Å². The Morgan fingerprint density at radius 1 is 1.23 bits per heavy atom. The van der Waals surface area contributed by atoms with E-state index in [-0.39, 0.29) is 6.04 Å². The minimum absolute atomic E-state index is 0.246. The summed E-state index contributed by atoms with van der Waals surface area (Å²) in [5.74, 6) is 0.642. The lowest BCUT2D eigenvalue weighted by Gasteiger charge is -2.16. The van der Waals surface area contributed by atoms with Crippen LogP contribution >= 0.6 is 0 Å². The number of hydrogen-bond donors (Lipinski definition) is 2. The van der Waals surface area contributed by atoms with Gasteiger partial charge in [-0.2, -0.15) is 10.4 Å². The van der Waals surface area contributed by atoms with Crippen LogP contribution in [0.25, 0.3) is 22.4 Å². The molecule has 1 aliphatic carbocycles. The maximum Gasteiger partial charge on any atom is 0.181 e. The first kappa shape index (κ1) is 14.7. The second-order valence-corrected chi connectivity index (χ2v) is 6.46. The molecule has 5 rings (SSSR count). The Bertz CT molecular complexity index is 1140. The number of rotatable bonds is 3. The number of nitrogens with one attached hydrogen (secondary N) is 2. The summed E-state index contributed by atoms with van der Waals surface area (Å²) in [5.41, 5.74) is 5.99. The predicted molar refractivity (Wildman–Crippen MR) is 97.4 cm³/mol. The zero-order chi connectivity index (χ0) is 17.5. The highest BCUT2D eigenvalue weighted by Crippen LogP contribution is 2.35. The van der Waals surface area contributed by atoms with Gasteiger partial charge in [0, 0.05) is 11.1 Å². The molecule has 0 bridgehead atoms. The lowest BCUT2D eigenvalue weighted by molar-refractivity contribution is 0.570. The van der Waals surface area contributed by atoms with Crippen LogP contribution in [0, 0.1) is 11.3 Å². The first-order chi connectivity index (χ1) is 12.8. The van der Waals surface area contributed by atoms with Crippen molar-refractivity contribution in [2.45, 2.75) is 18.9 Å². The molecule has 0 aliphatic heterocycles. The van der Waals surface area contributed by atoms with Crippen LogP contribution in [0.15, 0.2) is 53.4 Å². The van der Waals surface area contributed by atoms with Crippen LogP contribution in [0.5, 0.6) is 0 Å². The molecule has 26 heavy (non-hydrogen) atoms. The molecule has 0 saturated carbocycles. The van der Waals surface area contributed by atoms with Gasteiger partial charge in [0.15, 0.2) is 12.2 Å². The topological polar surface area (TPSA) is 90.5 Å². The fraction of sp³-hybridized carbons (Fsp3) is 0.150. The first-order valence-corrected chi connectivity index (χ1v) is 8.48. The third-order valence-corrected chi connectivity index (χ3v) is 4.92. The molecule has 2 N–H and O–H groups in total. The minimum Gasteiger partial charge on any atom is -0.442 e. The summed E-state index contributed by atoms with van der Waals surface area (Å²) < 4.78 is 5.39. The second kappa shape index (κ2) is 5.74. The average molecular weight is 341 g/mol. The molecule has 0 saturated heterocycles. The van der Waals surface area contributed by atoms with E-state index in [0.29, 0.717) is 5.76 Å². The van der Waals surface area contributed by atoms with E-state index in [9.17, 15) is 0 Å². The van der Waals surface area contributed by atoms with Crippen LogP contribution in [0.1, 0.15) is 29.2 Å². The van der Waals surface area contributed by atoms with Gasteiger partial charge in [0.2, 0.25) is 0 Å². The van der Waals surface area contributed by atoms with Crippen LogP contribution in [-0.2, 0) is 6.42 Å². The van der Waals surface area contributed by atoms with Gasteiger partial charge in [0.05, 0.1) is 29.4 Å². The summed E-state index contributed by atoms with van der Waals surface area (Å²) in [5, 5.41) is 21.1. The molecule has 0 unspecified atom stereocenters. The first-order valence-electron chi connectivity index (χ1n) is 8.48. The molecule has 1 atom stereocenters. The van der Waals surface area contributed by atoms with Crippen molar-refractivity contribution < 1.29 is 4.42 Å². The van der Waals surface area contributed by atoms with E-state index in [1.165, 1.54) is 17.5 Å². The Morgan fingerprint density at radius 3 is 3.04 bits per heavy atom. The summed E-state index contributed by atoms with van der Waals surface area (Å²) >= 11 is 0. The highest BCUT2D eigenvalue weighted by Gasteiger charge is 2.23. The molecule has 2 aromatic carbocycles. The van der Waals surface area contributed by atoms with Gasteiger partial charge in [-0.3, -0.25) is 5.10 Å². The number of H-pyrrole nitrogens is 1. The number of benzene rings is 2. The van der Waals surface area contributed by atoms with Crippen molar-refractivity contribution in [2.75, 3.05) is 5.32 Å². The Balaban J connectivity index is 1.48.